The van der Waals surface area contributed by atoms with E-state index >= 15 is 0 Å². The lowest BCUT2D eigenvalue weighted by Crippen LogP contribution is -2.50. The first-order chi connectivity index (χ1) is 22.1. The van der Waals surface area contributed by atoms with E-state index in [1.165, 1.54) is 17.0 Å². The Kier molecular flexibility index (Phi) is 11.8. The molecule has 12 nitrogen and oxygen atoms in total. The van der Waals surface area contributed by atoms with Gasteiger partial charge in [-0.1, -0.05) is 30.3 Å². The number of nitrogens with zero attached hydrogens (tertiary/aromatic N) is 1. The summed E-state index contributed by atoms with van der Waals surface area (Å²) in [4.78, 5) is 54.7. The molecule has 4 rings (SSSR count). The molecule has 2 atom stereocenters. The van der Waals surface area contributed by atoms with Crippen molar-refractivity contribution in [3.05, 3.63) is 83.4 Å². The van der Waals surface area contributed by atoms with Crippen LogP contribution in [-0.2, 0) is 20.8 Å². The van der Waals surface area contributed by atoms with Gasteiger partial charge < -0.3 is 40.2 Å². The standard InChI is InChI=1S/C34H40N4O8/c1-22-8-14-29(30(20-22)44-3)45-18-16-35-33(42)26-13-15-31(40)36-27(21-23-9-11-24(39)12-10-23)34(43)38(2)17-19-46-28-7-5-4-6-25(28)32(41)37-26/h4-12,14,20,26-27,39H,13,15-19,21H2,1-3H3,(H,35,42)(H,36,40)(H,37,41)/t26-,27-/m0/s1. The molecule has 0 aromatic heterocycles. The van der Waals surface area contributed by atoms with Crippen LogP contribution >= 0.6 is 0 Å². The first-order valence-corrected chi connectivity index (χ1v) is 15.0. The molecule has 12 heteroatoms. The topological polar surface area (TPSA) is 156 Å². The second-order valence-electron chi connectivity index (χ2n) is 11.0. The summed E-state index contributed by atoms with van der Waals surface area (Å²) in [6.45, 7) is 2.48. The van der Waals surface area contributed by atoms with Crippen molar-refractivity contribution in [2.45, 2.75) is 38.3 Å². The maximum Gasteiger partial charge on any atom is 0.255 e. The number of para-hydroxylation sites is 1. The van der Waals surface area contributed by atoms with E-state index in [2.05, 4.69) is 16.0 Å². The summed E-state index contributed by atoms with van der Waals surface area (Å²) in [6.07, 6.45) is 0.0109. The maximum atomic E-state index is 13.4. The summed E-state index contributed by atoms with van der Waals surface area (Å²) in [7, 11) is 3.15. The molecule has 0 radical (unpaired) electrons. The highest BCUT2D eigenvalue weighted by Crippen LogP contribution is 2.27. The lowest BCUT2D eigenvalue weighted by atomic mass is 10.0. The predicted molar refractivity (Wildman–Crippen MR) is 170 cm³/mol. The number of carbonyl (C=O) groups excluding carboxylic acids is 4. The summed E-state index contributed by atoms with van der Waals surface area (Å²) < 4.78 is 17.0. The number of phenols is 1. The maximum absolute atomic E-state index is 13.4. The van der Waals surface area contributed by atoms with Gasteiger partial charge in [0, 0.05) is 19.9 Å². The summed E-state index contributed by atoms with van der Waals surface area (Å²) in [6, 6.07) is 16.5. The van der Waals surface area contributed by atoms with Crippen molar-refractivity contribution in [3.63, 3.8) is 0 Å². The highest BCUT2D eigenvalue weighted by Gasteiger charge is 2.28. The van der Waals surface area contributed by atoms with Crippen molar-refractivity contribution in [1.82, 2.24) is 20.9 Å². The second-order valence-corrected chi connectivity index (χ2v) is 11.0. The average molecular weight is 633 g/mol. The van der Waals surface area contributed by atoms with E-state index in [1.807, 2.05) is 19.1 Å². The smallest absolute Gasteiger partial charge is 0.255 e. The van der Waals surface area contributed by atoms with Crippen LogP contribution in [0.5, 0.6) is 23.0 Å². The average Bonchev–Trinajstić information content (AvgIpc) is 3.05. The van der Waals surface area contributed by atoms with E-state index in [4.69, 9.17) is 14.2 Å². The SMILES string of the molecule is COc1cc(C)ccc1OCCNC(=O)[C@@H]1CCC(=O)N[C@@H](Cc2ccc(O)cc2)C(=O)N(C)CCOc2ccccc2C(=O)N1. The molecule has 3 aromatic carbocycles. The van der Waals surface area contributed by atoms with Crippen LogP contribution in [0.4, 0.5) is 0 Å². The Bertz CT molecular complexity index is 1530. The Morgan fingerprint density at radius 1 is 1.04 bits per heavy atom. The number of rotatable bonds is 8. The van der Waals surface area contributed by atoms with E-state index < -0.39 is 29.8 Å². The van der Waals surface area contributed by atoms with Gasteiger partial charge in [-0.2, -0.15) is 0 Å². The van der Waals surface area contributed by atoms with Crippen molar-refractivity contribution < 1.29 is 38.5 Å². The number of ether oxygens (including phenoxy) is 3. The number of aromatic hydroxyl groups is 1. The van der Waals surface area contributed by atoms with Gasteiger partial charge in [0.1, 0.15) is 36.8 Å². The van der Waals surface area contributed by atoms with Crippen LogP contribution in [-0.4, -0.2) is 86.2 Å². The van der Waals surface area contributed by atoms with Crippen LogP contribution < -0.4 is 30.2 Å². The minimum atomic E-state index is -1.07. The monoisotopic (exact) mass is 632 g/mol. The molecule has 4 N–H and O–H groups in total. The Morgan fingerprint density at radius 3 is 2.57 bits per heavy atom. The highest BCUT2D eigenvalue weighted by atomic mass is 16.5. The second kappa shape index (κ2) is 16.2. The summed E-state index contributed by atoms with van der Waals surface area (Å²) >= 11 is 0. The summed E-state index contributed by atoms with van der Waals surface area (Å²) in [5.74, 6) is -0.351. The zero-order chi connectivity index (χ0) is 33.1. The van der Waals surface area contributed by atoms with Crippen LogP contribution in [0.15, 0.2) is 66.7 Å². The Labute approximate surface area is 268 Å². The molecule has 46 heavy (non-hydrogen) atoms. The van der Waals surface area contributed by atoms with Gasteiger partial charge in [0.15, 0.2) is 11.5 Å². The van der Waals surface area contributed by atoms with E-state index in [1.54, 1.807) is 56.6 Å². The molecule has 1 heterocycles. The molecule has 1 aliphatic heterocycles. The number of hydrogen-bond donors (Lipinski definition) is 4. The Balaban J connectivity index is 1.49. The Morgan fingerprint density at radius 2 is 1.80 bits per heavy atom. The van der Waals surface area contributed by atoms with Gasteiger partial charge in [-0.25, -0.2) is 0 Å². The van der Waals surface area contributed by atoms with Crippen LogP contribution in [0.25, 0.3) is 0 Å². The van der Waals surface area contributed by atoms with Crippen LogP contribution in [0.3, 0.4) is 0 Å². The van der Waals surface area contributed by atoms with Gasteiger partial charge in [-0.15, -0.1) is 0 Å². The number of phenolic OH excluding ortho intramolecular Hbond substituents is 1. The number of likely N-dealkylation sites (N-methyl/N-ethyl adjacent to an activating group) is 1. The minimum Gasteiger partial charge on any atom is -0.508 e. The molecule has 0 aliphatic carbocycles. The third-order valence-corrected chi connectivity index (χ3v) is 7.46. The molecule has 244 valence electrons. The lowest BCUT2D eigenvalue weighted by Gasteiger charge is -2.25. The highest BCUT2D eigenvalue weighted by molar-refractivity contribution is 5.99. The largest absolute Gasteiger partial charge is 0.508 e. The zero-order valence-corrected chi connectivity index (χ0v) is 26.2. The Hall–Kier alpha value is -5.26. The van der Waals surface area contributed by atoms with Gasteiger partial charge in [0.05, 0.1) is 25.8 Å². The van der Waals surface area contributed by atoms with Crippen LogP contribution in [0.2, 0.25) is 0 Å². The van der Waals surface area contributed by atoms with Crippen molar-refractivity contribution in [3.8, 4) is 23.0 Å². The number of amides is 4. The zero-order valence-electron chi connectivity index (χ0n) is 26.2. The van der Waals surface area contributed by atoms with Gasteiger partial charge in [0.2, 0.25) is 17.7 Å². The fourth-order valence-corrected chi connectivity index (χ4v) is 4.92. The van der Waals surface area contributed by atoms with Gasteiger partial charge in [-0.05, 0) is 60.9 Å². The lowest BCUT2D eigenvalue weighted by molar-refractivity contribution is -0.135. The number of methoxy groups -OCH3 is 1. The number of fused-ring (bicyclic) bond motifs is 1. The van der Waals surface area contributed by atoms with E-state index in [0.29, 0.717) is 17.2 Å². The summed E-state index contributed by atoms with van der Waals surface area (Å²) in [5.41, 5.74) is 1.97. The fourth-order valence-electron chi connectivity index (χ4n) is 4.92. The molecule has 0 bridgehead atoms. The minimum absolute atomic E-state index is 0.0327. The van der Waals surface area contributed by atoms with E-state index in [-0.39, 0.29) is 62.8 Å². The quantitative estimate of drug-likeness (QED) is 0.276. The number of benzene rings is 3. The third-order valence-electron chi connectivity index (χ3n) is 7.46. The molecular formula is C34H40N4O8. The van der Waals surface area contributed by atoms with E-state index in [9.17, 15) is 24.3 Å². The normalized spacial score (nSPS) is 17.7. The number of aryl methyl sites for hydroxylation is 1. The van der Waals surface area contributed by atoms with Crippen molar-refractivity contribution in [2.24, 2.45) is 0 Å². The molecule has 0 unspecified atom stereocenters. The van der Waals surface area contributed by atoms with Gasteiger partial charge in [-0.3, -0.25) is 19.2 Å². The fraction of sp³-hybridized carbons (Fsp3) is 0.353. The number of hydrogen-bond acceptors (Lipinski definition) is 8. The molecule has 0 spiro atoms. The van der Waals surface area contributed by atoms with E-state index in [0.717, 1.165) is 11.1 Å². The molecule has 1 aliphatic rings. The number of nitrogens with one attached hydrogen (secondary N) is 3. The molecule has 0 fully saturated rings. The number of carbonyl (C=O) groups is 4. The molecule has 0 saturated carbocycles. The summed E-state index contributed by atoms with van der Waals surface area (Å²) in [5, 5.41) is 18.0. The predicted octanol–water partition coefficient (Wildman–Crippen LogP) is 2.36. The van der Waals surface area contributed by atoms with Crippen LogP contribution in [0.1, 0.15) is 34.3 Å². The first kappa shape index (κ1) is 33.6. The third kappa shape index (κ3) is 9.37. The molecular weight excluding hydrogens is 592 g/mol. The molecule has 3 aromatic rings. The first-order valence-electron chi connectivity index (χ1n) is 15.0. The molecule has 0 saturated heterocycles. The van der Waals surface area contributed by atoms with Crippen molar-refractivity contribution in [2.75, 3.05) is 40.5 Å². The van der Waals surface area contributed by atoms with Crippen molar-refractivity contribution >= 4 is 23.6 Å². The molecule has 4 amide bonds. The van der Waals surface area contributed by atoms with Crippen LogP contribution in [0, 0.1) is 6.92 Å². The van der Waals surface area contributed by atoms with Gasteiger partial charge in [0.25, 0.3) is 5.91 Å². The van der Waals surface area contributed by atoms with Gasteiger partial charge >= 0.3 is 0 Å². The van der Waals surface area contributed by atoms with Crippen molar-refractivity contribution in [1.29, 1.82) is 0 Å².